The minimum atomic E-state index is -1.34. The minimum Gasteiger partial charge on any atom is -0.350 e. The summed E-state index contributed by atoms with van der Waals surface area (Å²) < 4.78 is 0. The van der Waals surface area contributed by atoms with E-state index in [0.717, 1.165) is 16.8 Å². The fraction of sp³-hybridized carbons (Fsp3) is 0.121. The van der Waals surface area contributed by atoms with Crippen LogP contribution in [0.4, 0.5) is 17.1 Å². The highest BCUT2D eigenvalue weighted by atomic mass is 35.5. The maximum atomic E-state index is 14.6. The molecular formula is C33H24ClN3O3. The number of benzene rings is 4. The van der Waals surface area contributed by atoms with E-state index >= 15 is 0 Å². The third-order valence-electron chi connectivity index (χ3n) is 8.26. The summed E-state index contributed by atoms with van der Waals surface area (Å²) in [5.41, 5.74) is 2.75. The van der Waals surface area contributed by atoms with Crippen molar-refractivity contribution in [3.05, 3.63) is 131 Å². The number of halogens is 1. The van der Waals surface area contributed by atoms with Crippen molar-refractivity contribution >= 4 is 52.3 Å². The van der Waals surface area contributed by atoms with Gasteiger partial charge in [-0.3, -0.25) is 14.4 Å². The first kappa shape index (κ1) is 24.4. The second-order valence-corrected chi connectivity index (χ2v) is 10.7. The topological polar surface area (TPSA) is 78.5 Å². The Labute approximate surface area is 236 Å². The summed E-state index contributed by atoms with van der Waals surface area (Å²) in [6.07, 6.45) is 3.95. The van der Waals surface area contributed by atoms with E-state index < -0.39 is 23.4 Å². The molecule has 4 aromatic rings. The SMILES string of the molecule is O=C(c1ccccc1)[C@@H]1[C@H](C(=O)Nc2ccc(Cl)cc2)N2c3ccccc3C=CC2[C@@]12C(=O)Nc1ccccc12. The lowest BCUT2D eigenvalue weighted by atomic mass is 9.64. The molecule has 0 radical (unpaired) electrons. The molecule has 3 heterocycles. The average molecular weight is 546 g/mol. The van der Waals surface area contributed by atoms with E-state index in [1.165, 1.54) is 0 Å². The Hall–Kier alpha value is -4.68. The van der Waals surface area contributed by atoms with Crippen LogP contribution in [0.5, 0.6) is 0 Å². The first-order valence-corrected chi connectivity index (χ1v) is 13.5. The van der Waals surface area contributed by atoms with Crippen molar-refractivity contribution in [3.63, 3.8) is 0 Å². The van der Waals surface area contributed by atoms with Gasteiger partial charge in [0.1, 0.15) is 11.5 Å². The number of anilines is 3. The second kappa shape index (κ2) is 9.21. The Kier molecular flexibility index (Phi) is 5.61. The van der Waals surface area contributed by atoms with Gasteiger partial charge < -0.3 is 15.5 Å². The van der Waals surface area contributed by atoms with Crippen LogP contribution >= 0.6 is 11.6 Å². The van der Waals surface area contributed by atoms with E-state index in [-0.39, 0.29) is 17.6 Å². The van der Waals surface area contributed by atoms with Gasteiger partial charge in [-0.25, -0.2) is 0 Å². The summed E-state index contributed by atoms with van der Waals surface area (Å²) >= 11 is 6.08. The molecular weight excluding hydrogens is 522 g/mol. The van der Waals surface area contributed by atoms with Gasteiger partial charge in [0.15, 0.2) is 5.78 Å². The molecule has 3 aliphatic rings. The molecule has 2 N–H and O–H groups in total. The van der Waals surface area contributed by atoms with E-state index in [9.17, 15) is 14.4 Å². The summed E-state index contributed by atoms with van der Waals surface area (Å²) in [5.74, 6) is -1.94. The predicted molar refractivity (Wildman–Crippen MR) is 157 cm³/mol. The molecule has 1 fully saturated rings. The van der Waals surface area contributed by atoms with Crippen molar-refractivity contribution in [2.45, 2.75) is 17.5 Å². The number of nitrogens with zero attached hydrogens (tertiary/aromatic N) is 1. The average Bonchev–Trinajstić information content (AvgIpc) is 3.47. The van der Waals surface area contributed by atoms with E-state index in [1.54, 1.807) is 48.5 Å². The van der Waals surface area contributed by atoms with E-state index in [4.69, 9.17) is 11.6 Å². The van der Waals surface area contributed by atoms with Crippen molar-refractivity contribution < 1.29 is 14.4 Å². The number of ketones is 1. The lowest BCUT2D eigenvalue weighted by molar-refractivity contribution is -0.122. The van der Waals surface area contributed by atoms with Crippen LogP contribution in [0.25, 0.3) is 6.08 Å². The minimum absolute atomic E-state index is 0.260. The third-order valence-corrected chi connectivity index (χ3v) is 8.52. The standard InChI is InChI=1S/C33H24ClN3O3/c34-22-15-17-23(18-16-22)35-31(39)29-28(30(38)21-9-2-1-3-10-21)33(24-11-5-6-12-25(24)36-32(33)40)27-19-14-20-8-4-7-13-26(20)37(27)29/h1-19,27-29H,(H,35,39)(H,36,40)/t27?,28-,29+,33+/m0/s1. The fourth-order valence-electron chi connectivity index (χ4n) is 6.65. The van der Waals surface area contributed by atoms with Crippen molar-refractivity contribution in [2.24, 2.45) is 5.92 Å². The van der Waals surface area contributed by atoms with Gasteiger partial charge in [-0.2, -0.15) is 0 Å². The molecule has 7 rings (SSSR count). The summed E-state index contributed by atoms with van der Waals surface area (Å²) in [7, 11) is 0. The highest BCUT2D eigenvalue weighted by Gasteiger charge is 2.70. The molecule has 1 spiro atoms. The van der Waals surface area contributed by atoms with Crippen LogP contribution < -0.4 is 15.5 Å². The van der Waals surface area contributed by atoms with Crippen molar-refractivity contribution in [1.29, 1.82) is 0 Å². The number of hydrogen-bond acceptors (Lipinski definition) is 4. The lowest BCUT2D eigenvalue weighted by Crippen LogP contribution is -2.51. The molecule has 4 aromatic carbocycles. The molecule has 0 bridgehead atoms. The number of nitrogens with one attached hydrogen (secondary N) is 2. The zero-order valence-corrected chi connectivity index (χ0v) is 22.0. The number of amides is 2. The Balaban J connectivity index is 1.48. The van der Waals surface area contributed by atoms with Crippen molar-refractivity contribution in [1.82, 2.24) is 0 Å². The Morgan fingerprint density at radius 1 is 0.850 bits per heavy atom. The van der Waals surface area contributed by atoms with Gasteiger partial charge in [-0.1, -0.05) is 90.5 Å². The van der Waals surface area contributed by atoms with Crippen LogP contribution in [0.1, 0.15) is 21.5 Å². The van der Waals surface area contributed by atoms with E-state index in [1.807, 2.05) is 71.6 Å². The maximum absolute atomic E-state index is 14.6. The molecule has 196 valence electrons. The Morgan fingerprint density at radius 2 is 1.55 bits per heavy atom. The van der Waals surface area contributed by atoms with E-state index in [2.05, 4.69) is 10.6 Å². The first-order valence-electron chi connectivity index (χ1n) is 13.1. The van der Waals surface area contributed by atoms with Gasteiger partial charge in [0.2, 0.25) is 11.8 Å². The Bertz CT molecular complexity index is 1700. The van der Waals surface area contributed by atoms with Gasteiger partial charge >= 0.3 is 0 Å². The highest BCUT2D eigenvalue weighted by molar-refractivity contribution is 6.30. The lowest BCUT2D eigenvalue weighted by Gasteiger charge is -2.37. The summed E-state index contributed by atoms with van der Waals surface area (Å²) in [6, 6.07) is 29.4. The fourth-order valence-corrected chi connectivity index (χ4v) is 6.78. The first-order chi connectivity index (χ1) is 19.5. The molecule has 0 saturated carbocycles. The van der Waals surface area contributed by atoms with Crippen LogP contribution in [0.3, 0.4) is 0 Å². The second-order valence-electron chi connectivity index (χ2n) is 10.3. The number of carbonyl (C=O) groups excluding carboxylic acids is 3. The zero-order chi connectivity index (χ0) is 27.4. The third kappa shape index (κ3) is 3.46. The molecule has 6 nitrogen and oxygen atoms in total. The van der Waals surface area contributed by atoms with Crippen LogP contribution in [-0.2, 0) is 15.0 Å². The van der Waals surface area contributed by atoms with Crippen LogP contribution in [-0.4, -0.2) is 29.7 Å². The molecule has 40 heavy (non-hydrogen) atoms. The predicted octanol–water partition coefficient (Wildman–Crippen LogP) is 5.95. The molecule has 0 aromatic heterocycles. The molecule has 4 atom stereocenters. The quantitative estimate of drug-likeness (QED) is 0.311. The smallest absolute Gasteiger partial charge is 0.247 e. The van der Waals surface area contributed by atoms with Crippen LogP contribution in [0.15, 0.2) is 109 Å². The van der Waals surface area contributed by atoms with Gasteiger partial charge in [-0.05, 0) is 47.5 Å². The molecule has 1 saturated heterocycles. The van der Waals surface area contributed by atoms with E-state index in [0.29, 0.717) is 22.0 Å². The van der Waals surface area contributed by atoms with Crippen LogP contribution in [0.2, 0.25) is 5.02 Å². The maximum Gasteiger partial charge on any atom is 0.247 e. The zero-order valence-electron chi connectivity index (χ0n) is 21.3. The molecule has 3 aliphatic heterocycles. The highest BCUT2D eigenvalue weighted by Crippen LogP contribution is 2.57. The molecule has 7 heteroatoms. The monoisotopic (exact) mass is 545 g/mol. The van der Waals surface area contributed by atoms with Gasteiger partial charge in [-0.15, -0.1) is 0 Å². The number of fused-ring (bicyclic) bond motifs is 6. The van der Waals surface area contributed by atoms with Gasteiger partial charge in [0, 0.05) is 27.6 Å². The van der Waals surface area contributed by atoms with Crippen LogP contribution in [0, 0.1) is 5.92 Å². The number of Topliss-reactive ketones (excluding diaryl/α,β-unsaturated/α-hetero) is 1. The molecule has 0 aliphatic carbocycles. The normalized spacial score (nSPS) is 23.8. The number of rotatable bonds is 4. The number of carbonyl (C=O) groups is 3. The van der Waals surface area contributed by atoms with Crippen molar-refractivity contribution in [3.8, 4) is 0 Å². The molecule has 1 unspecified atom stereocenters. The van der Waals surface area contributed by atoms with Gasteiger partial charge in [0.25, 0.3) is 0 Å². The molecule has 2 amide bonds. The summed E-state index contributed by atoms with van der Waals surface area (Å²) in [6.45, 7) is 0. The van der Waals surface area contributed by atoms with Gasteiger partial charge in [0.05, 0.1) is 12.0 Å². The number of para-hydroxylation sites is 2. The summed E-state index contributed by atoms with van der Waals surface area (Å²) in [5, 5.41) is 6.60. The summed E-state index contributed by atoms with van der Waals surface area (Å²) in [4.78, 5) is 45.2. The Morgan fingerprint density at radius 3 is 2.35 bits per heavy atom. The largest absolute Gasteiger partial charge is 0.350 e. The van der Waals surface area contributed by atoms with Crippen molar-refractivity contribution in [2.75, 3.05) is 15.5 Å². The number of hydrogen-bond donors (Lipinski definition) is 2.